The molecule has 0 bridgehead atoms. The number of benzene rings is 3. The Morgan fingerprint density at radius 1 is 1.00 bits per heavy atom. The van der Waals surface area contributed by atoms with Crippen molar-refractivity contribution in [3.8, 4) is 12.3 Å². The highest BCUT2D eigenvalue weighted by atomic mass is 16.6. The molecule has 3 aromatic carbocycles. The van der Waals surface area contributed by atoms with Crippen LogP contribution in [0.15, 0.2) is 66.7 Å². The Kier molecular flexibility index (Phi) is 9.33. The quantitative estimate of drug-likeness (QED) is 0.369. The molecule has 204 valence electrons. The number of nitrogens with zero attached hydrogens (tertiary/aromatic N) is 1. The Morgan fingerprint density at radius 2 is 1.64 bits per heavy atom. The molecule has 0 aliphatic rings. The fourth-order valence-corrected chi connectivity index (χ4v) is 4.26. The summed E-state index contributed by atoms with van der Waals surface area (Å²) in [5.41, 5.74) is 0.618. The van der Waals surface area contributed by atoms with Crippen molar-refractivity contribution >= 4 is 34.4 Å². The Hall–Kier alpha value is -4.35. The topological polar surface area (TPSA) is 108 Å². The fraction of sp³-hybridized carbons (Fsp3) is 0.323. The zero-order chi connectivity index (χ0) is 28.7. The van der Waals surface area contributed by atoms with Gasteiger partial charge in [0.05, 0.1) is 6.61 Å². The van der Waals surface area contributed by atoms with Gasteiger partial charge >= 0.3 is 6.09 Å². The summed E-state index contributed by atoms with van der Waals surface area (Å²) in [6, 6.07) is 17.1. The van der Waals surface area contributed by atoms with Crippen molar-refractivity contribution in [2.75, 3.05) is 11.9 Å². The van der Waals surface area contributed by atoms with Crippen LogP contribution in [0.2, 0.25) is 0 Å². The van der Waals surface area contributed by atoms with E-state index in [-0.39, 0.29) is 0 Å². The summed E-state index contributed by atoms with van der Waals surface area (Å²) >= 11 is 0. The van der Waals surface area contributed by atoms with E-state index in [1.165, 1.54) is 4.90 Å². The highest BCUT2D eigenvalue weighted by Crippen LogP contribution is 2.29. The van der Waals surface area contributed by atoms with E-state index in [1.54, 1.807) is 65.0 Å². The maximum atomic E-state index is 13.9. The number of aliphatic hydroxyl groups excluding tert-OH is 1. The molecule has 3 rings (SSSR count). The summed E-state index contributed by atoms with van der Waals surface area (Å²) in [5, 5.41) is 17.4. The normalized spacial score (nSPS) is 12.8. The number of anilines is 1. The molecule has 0 saturated heterocycles. The maximum absolute atomic E-state index is 13.9. The Balaban J connectivity index is 2.03. The highest BCUT2D eigenvalue weighted by Gasteiger charge is 2.38. The summed E-state index contributed by atoms with van der Waals surface area (Å²) in [5.74, 6) is 1.44. The monoisotopic (exact) mass is 529 g/mol. The van der Waals surface area contributed by atoms with Gasteiger partial charge in [0, 0.05) is 17.3 Å². The number of rotatable bonds is 8. The summed E-state index contributed by atoms with van der Waals surface area (Å²) < 4.78 is 5.27. The number of aliphatic hydroxyl groups is 1. The minimum Gasteiger partial charge on any atom is -0.444 e. The van der Waals surface area contributed by atoms with E-state index < -0.39 is 48.2 Å². The van der Waals surface area contributed by atoms with Gasteiger partial charge in [-0.15, -0.1) is 6.42 Å². The fourth-order valence-electron chi connectivity index (χ4n) is 4.26. The number of hydrogen-bond donors (Lipinski definition) is 3. The van der Waals surface area contributed by atoms with Gasteiger partial charge in [-0.3, -0.25) is 9.59 Å². The maximum Gasteiger partial charge on any atom is 0.408 e. The van der Waals surface area contributed by atoms with Crippen LogP contribution in [0.1, 0.15) is 51.8 Å². The molecule has 3 N–H and O–H groups in total. The average Bonchev–Trinajstić information content (AvgIpc) is 2.88. The second-order valence-corrected chi connectivity index (χ2v) is 10.4. The number of carbonyl (C=O) groups is 3. The Labute approximate surface area is 229 Å². The number of carbonyl (C=O) groups excluding carboxylic acids is 3. The molecule has 0 saturated carbocycles. The number of hydrogen-bond acceptors (Lipinski definition) is 5. The largest absolute Gasteiger partial charge is 0.444 e. The van der Waals surface area contributed by atoms with Crippen molar-refractivity contribution in [3.63, 3.8) is 0 Å². The zero-order valence-electron chi connectivity index (χ0n) is 22.9. The standard InChI is InChI=1S/C31H35N3O5/c1-7-21-12-10-11-15-25(21)27(28(36)32-24-17-16-22-13-8-9-14-23(22)18-24)34(20(2)3)29(37)26(19-35)33-30(38)39-31(4,5)6/h1,8-18,20,26-27,35H,19H2,2-6H3,(H,32,36)(H,33,38). The molecule has 2 atom stereocenters. The zero-order valence-corrected chi connectivity index (χ0v) is 22.9. The van der Waals surface area contributed by atoms with Crippen molar-refractivity contribution in [2.45, 2.75) is 58.3 Å². The first-order chi connectivity index (χ1) is 18.4. The number of amides is 3. The van der Waals surface area contributed by atoms with Gasteiger partial charge in [-0.2, -0.15) is 0 Å². The summed E-state index contributed by atoms with van der Waals surface area (Å²) in [4.78, 5) is 41.5. The predicted octanol–water partition coefficient (Wildman–Crippen LogP) is 4.62. The van der Waals surface area contributed by atoms with Crippen LogP contribution in [0, 0.1) is 12.3 Å². The lowest BCUT2D eigenvalue weighted by atomic mass is 9.96. The van der Waals surface area contributed by atoms with Crippen LogP contribution >= 0.6 is 0 Å². The molecular weight excluding hydrogens is 494 g/mol. The molecule has 8 heteroatoms. The van der Waals surface area contributed by atoms with E-state index in [4.69, 9.17) is 11.2 Å². The molecule has 39 heavy (non-hydrogen) atoms. The third-order valence-electron chi connectivity index (χ3n) is 5.94. The van der Waals surface area contributed by atoms with Gasteiger partial charge < -0.3 is 25.4 Å². The lowest BCUT2D eigenvalue weighted by Crippen LogP contribution is -2.55. The summed E-state index contributed by atoms with van der Waals surface area (Å²) in [6.07, 6.45) is 4.91. The third kappa shape index (κ3) is 7.37. The Bertz CT molecular complexity index is 1390. The van der Waals surface area contributed by atoms with Crippen molar-refractivity contribution in [2.24, 2.45) is 0 Å². The molecule has 0 fully saturated rings. The highest BCUT2D eigenvalue weighted by molar-refractivity contribution is 6.00. The van der Waals surface area contributed by atoms with Gasteiger partial charge in [0.25, 0.3) is 5.91 Å². The van der Waals surface area contributed by atoms with Crippen LogP contribution in [0.5, 0.6) is 0 Å². The van der Waals surface area contributed by atoms with Crippen LogP contribution in [-0.4, -0.2) is 52.2 Å². The number of ether oxygens (including phenoxy) is 1. The van der Waals surface area contributed by atoms with Gasteiger partial charge in [-0.25, -0.2) is 4.79 Å². The van der Waals surface area contributed by atoms with E-state index >= 15 is 0 Å². The molecule has 0 spiro atoms. The van der Waals surface area contributed by atoms with Gasteiger partial charge in [-0.05, 0) is 69.2 Å². The lowest BCUT2D eigenvalue weighted by Gasteiger charge is -2.37. The molecule has 0 radical (unpaired) electrons. The second-order valence-electron chi connectivity index (χ2n) is 10.4. The summed E-state index contributed by atoms with van der Waals surface area (Å²) in [7, 11) is 0. The van der Waals surface area contributed by atoms with Gasteiger partial charge in [0.1, 0.15) is 17.7 Å². The van der Waals surface area contributed by atoms with E-state index in [2.05, 4.69) is 16.6 Å². The van der Waals surface area contributed by atoms with Crippen molar-refractivity contribution < 1.29 is 24.2 Å². The lowest BCUT2D eigenvalue weighted by molar-refractivity contribution is -0.143. The second kappa shape index (κ2) is 12.5. The molecular formula is C31H35N3O5. The van der Waals surface area contributed by atoms with Crippen LogP contribution in [-0.2, 0) is 14.3 Å². The van der Waals surface area contributed by atoms with Crippen LogP contribution in [0.25, 0.3) is 10.8 Å². The SMILES string of the molecule is C#Cc1ccccc1C(C(=O)Nc1ccc2ccccc2c1)N(C(=O)C(CO)NC(=O)OC(C)(C)C)C(C)C. The van der Waals surface area contributed by atoms with E-state index in [9.17, 15) is 19.5 Å². The minimum atomic E-state index is -1.35. The molecule has 8 nitrogen and oxygen atoms in total. The first kappa shape index (κ1) is 29.2. The summed E-state index contributed by atoms with van der Waals surface area (Å²) in [6.45, 7) is 7.85. The average molecular weight is 530 g/mol. The van der Waals surface area contributed by atoms with Gasteiger partial charge in [0.15, 0.2) is 0 Å². The van der Waals surface area contributed by atoms with E-state index in [0.29, 0.717) is 16.8 Å². The minimum absolute atomic E-state index is 0.439. The van der Waals surface area contributed by atoms with Crippen LogP contribution in [0.3, 0.4) is 0 Å². The van der Waals surface area contributed by atoms with E-state index in [0.717, 1.165) is 10.8 Å². The third-order valence-corrected chi connectivity index (χ3v) is 5.94. The number of fused-ring (bicyclic) bond motifs is 1. The predicted molar refractivity (Wildman–Crippen MR) is 152 cm³/mol. The smallest absolute Gasteiger partial charge is 0.408 e. The van der Waals surface area contributed by atoms with E-state index in [1.807, 2.05) is 36.4 Å². The molecule has 2 unspecified atom stereocenters. The number of terminal acetylenes is 1. The molecule has 0 aliphatic carbocycles. The van der Waals surface area contributed by atoms with Crippen LogP contribution < -0.4 is 10.6 Å². The van der Waals surface area contributed by atoms with Crippen molar-refractivity contribution in [1.82, 2.24) is 10.2 Å². The van der Waals surface area contributed by atoms with Crippen molar-refractivity contribution in [3.05, 3.63) is 77.9 Å². The molecule has 0 aromatic heterocycles. The first-order valence-corrected chi connectivity index (χ1v) is 12.7. The van der Waals surface area contributed by atoms with Crippen molar-refractivity contribution in [1.29, 1.82) is 0 Å². The molecule has 3 aromatic rings. The Morgan fingerprint density at radius 3 is 2.26 bits per heavy atom. The molecule has 0 aliphatic heterocycles. The number of nitrogens with one attached hydrogen (secondary N) is 2. The first-order valence-electron chi connectivity index (χ1n) is 12.7. The number of alkyl carbamates (subject to hydrolysis) is 1. The van der Waals surface area contributed by atoms with Crippen LogP contribution in [0.4, 0.5) is 10.5 Å². The molecule has 0 heterocycles. The van der Waals surface area contributed by atoms with Gasteiger partial charge in [-0.1, -0.05) is 54.5 Å². The molecule has 3 amide bonds. The van der Waals surface area contributed by atoms with Gasteiger partial charge in [0.2, 0.25) is 5.91 Å².